The van der Waals surface area contributed by atoms with Crippen LogP contribution in [-0.4, -0.2) is 41.8 Å². The second-order valence-electron chi connectivity index (χ2n) is 5.63. The van der Waals surface area contributed by atoms with Crippen LogP contribution in [0.4, 0.5) is 11.6 Å². The third-order valence-electron chi connectivity index (χ3n) is 3.33. The van der Waals surface area contributed by atoms with E-state index >= 15 is 0 Å². The van der Waals surface area contributed by atoms with Crippen molar-refractivity contribution in [1.29, 1.82) is 0 Å². The number of morpholine rings is 1. The van der Waals surface area contributed by atoms with E-state index in [1.54, 1.807) is 6.33 Å². The Morgan fingerprint density at radius 2 is 2.21 bits per heavy atom. The van der Waals surface area contributed by atoms with E-state index in [1.807, 2.05) is 0 Å². The minimum absolute atomic E-state index is 0.118. The van der Waals surface area contributed by atoms with Crippen LogP contribution in [0.5, 0.6) is 0 Å². The van der Waals surface area contributed by atoms with Gasteiger partial charge in [0.1, 0.15) is 18.0 Å². The van der Waals surface area contributed by atoms with E-state index in [9.17, 15) is 0 Å². The van der Waals surface area contributed by atoms with Gasteiger partial charge in [-0.25, -0.2) is 9.97 Å². The summed E-state index contributed by atoms with van der Waals surface area (Å²) in [7, 11) is 0. The van der Waals surface area contributed by atoms with Gasteiger partial charge in [0, 0.05) is 25.2 Å². The van der Waals surface area contributed by atoms with Gasteiger partial charge in [0.05, 0.1) is 12.2 Å². The molecule has 0 aliphatic carbocycles. The predicted molar refractivity (Wildman–Crippen MR) is 77.8 cm³/mol. The fourth-order valence-electron chi connectivity index (χ4n) is 2.38. The second-order valence-corrected chi connectivity index (χ2v) is 5.63. The number of aromatic nitrogens is 2. The normalized spacial score (nSPS) is 18.4. The molecule has 2 heterocycles. The monoisotopic (exact) mass is 264 g/mol. The predicted octanol–water partition coefficient (Wildman–Crippen LogP) is 2.22. The van der Waals surface area contributed by atoms with Crippen LogP contribution < -0.4 is 10.2 Å². The molecule has 0 amide bonds. The molecule has 0 aromatic carbocycles. The van der Waals surface area contributed by atoms with Crippen molar-refractivity contribution in [2.75, 3.05) is 36.5 Å². The number of ether oxygens (including phenoxy) is 1. The highest BCUT2D eigenvalue weighted by Gasteiger charge is 2.29. The summed E-state index contributed by atoms with van der Waals surface area (Å²) in [6.07, 6.45) is 2.73. The molecule has 1 fully saturated rings. The first kappa shape index (κ1) is 14.1. The molecule has 0 radical (unpaired) electrons. The zero-order valence-corrected chi connectivity index (χ0v) is 12.4. The summed E-state index contributed by atoms with van der Waals surface area (Å²) in [5, 5.41) is 3.35. The van der Waals surface area contributed by atoms with Crippen LogP contribution in [0.2, 0.25) is 0 Å². The summed E-state index contributed by atoms with van der Waals surface area (Å²) in [4.78, 5) is 11.1. The van der Waals surface area contributed by atoms with Crippen LogP contribution in [0.1, 0.15) is 32.8 Å². The highest BCUT2D eigenvalue weighted by atomic mass is 16.5. The molecule has 1 aromatic rings. The Bertz CT molecular complexity index is 433. The standard InChI is InChI=1S/C14H24N4O/c1-5-6-15-12-11(2)13(17-10-16-12)18-7-8-19-14(3,4)9-18/h10H,5-9H2,1-4H3,(H,15,16,17). The van der Waals surface area contributed by atoms with Crippen LogP contribution in [-0.2, 0) is 4.74 Å². The summed E-state index contributed by atoms with van der Waals surface area (Å²) < 4.78 is 5.75. The molecule has 5 nitrogen and oxygen atoms in total. The Hall–Kier alpha value is -1.36. The zero-order valence-electron chi connectivity index (χ0n) is 12.4. The molecular weight excluding hydrogens is 240 g/mol. The molecule has 1 N–H and O–H groups in total. The lowest BCUT2D eigenvalue weighted by Gasteiger charge is -2.39. The van der Waals surface area contributed by atoms with Gasteiger partial charge in [-0.2, -0.15) is 0 Å². The van der Waals surface area contributed by atoms with E-state index in [0.717, 1.165) is 49.9 Å². The largest absolute Gasteiger partial charge is 0.372 e. The Morgan fingerprint density at radius 1 is 1.42 bits per heavy atom. The van der Waals surface area contributed by atoms with Crippen molar-refractivity contribution in [1.82, 2.24) is 9.97 Å². The number of hydrogen-bond acceptors (Lipinski definition) is 5. The molecule has 2 rings (SSSR count). The zero-order chi connectivity index (χ0) is 13.9. The molecular formula is C14H24N4O. The van der Waals surface area contributed by atoms with E-state index in [2.05, 4.69) is 47.9 Å². The van der Waals surface area contributed by atoms with Gasteiger partial charge in [0.25, 0.3) is 0 Å². The first-order valence-electron chi connectivity index (χ1n) is 6.98. The van der Waals surface area contributed by atoms with Crippen molar-refractivity contribution in [3.63, 3.8) is 0 Å². The Morgan fingerprint density at radius 3 is 2.89 bits per heavy atom. The van der Waals surface area contributed by atoms with Crippen LogP contribution in [0, 0.1) is 6.92 Å². The first-order chi connectivity index (χ1) is 9.03. The fourth-order valence-corrected chi connectivity index (χ4v) is 2.38. The van der Waals surface area contributed by atoms with Gasteiger partial charge < -0.3 is 15.0 Å². The molecule has 0 spiro atoms. The van der Waals surface area contributed by atoms with Gasteiger partial charge in [-0.3, -0.25) is 0 Å². The van der Waals surface area contributed by atoms with E-state index in [0.29, 0.717) is 0 Å². The third kappa shape index (κ3) is 3.35. The SMILES string of the molecule is CCCNc1ncnc(N2CCOC(C)(C)C2)c1C. The maximum absolute atomic E-state index is 5.75. The second kappa shape index (κ2) is 5.74. The highest BCUT2D eigenvalue weighted by Crippen LogP contribution is 2.26. The van der Waals surface area contributed by atoms with E-state index < -0.39 is 0 Å². The molecule has 0 unspecified atom stereocenters. The van der Waals surface area contributed by atoms with Crippen molar-refractivity contribution in [2.24, 2.45) is 0 Å². The number of nitrogens with one attached hydrogen (secondary N) is 1. The Kier molecular flexibility index (Phi) is 4.24. The fraction of sp³-hybridized carbons (Fsp3) is 0.714. The summed E-state index contributed by atoms with van der Waals surface area (Å²) in [6.45, 7) is 11.9. The summed E-state index contributed by atoms with van der Waals surface area (Å²) in [5.74, 6) is 1.96. The van der Waals surface area contributed by atoms with Gasteiger partial charge in [-0.05, 0) is 27.2 Å². The number of rotatable bonds is 4. The summed E-state index contributed by atoms with van der Waals surface area (Å²) in [6, 6.07) is 0. The summed E-state index contributed by atoms with van der Waals surface area (Å²) >= 11 is 0. The third-order valence-corrected chi connectivity index (χ3v) is 3.33. The van der Waals surface area contributed by atoms with E-state index in [1.165, 1.54) is 0 Å². The van der Waals surface area contributed by atoms with Crippen LogP contribution in [0.15, 0.2) is 6.33 Å². The molecule has 5 heteroatoms. The molecule has 1 aliphatic heterocycles. The molecule has 1 aliphatic rings. The first-order valence-corrected chi connectivity index (χ1v) is 6.98. The van der Waals surface area contributed by atoms with Gasteiger partial charge in [-0.1, -0.05) is 6.92 Å². The minimum atomic E-state index is -0.118. The van der Waals surface area contributed by atoms with Gasteiger partial charge >= 0.3 is 0 Å². The van der Waals surface area contributed by atoms with E-state index in [4.69, 9.17) is 4.74 Å². The van der Waals surface area contributed by atoms with Crippen molar-refractivity contribution >= 4 is 11.6 Å². The highest BCUT2D eigenvalue weighted by molar-refractivity contribution is 5.58. The quantitative estimate of drug-likeness (QED) is 0.903. The smallest absolute Gasteiger partial charge is 0.137 e. The number of anilines is 2. The molecule has 1 aromatic heterocycles. The molecule has 0 atom stereocenters. The van der Waals surface area contributed by atoms with Crippen molar-refractivity contribution < 1.29 is 4.74 Å². The topological polar surface area (TPSA) is 50.3 Å². The molecule has 106 valence electrons. The van der Waals surface area contributed by atoms with Crippen molar-refractivity contribution in [2.45, 2.75) is 39.7 Å². The average Bonchev–Trinajstić information content (AvgIpc) is 2.36. The van der Waals surface area contributed by atoms with Gasteiger partial charge in [0.15, 0.2) is 0 Å². The summed E-state index contributed by atoms with van der Waals surface area (Å²) in [5.41, 5.74) is 1.00. The molecule has 0 saturated carbocycles. The molecule has 1 saturated heterocycles. The van der Waals surface area contributed by atoms with Crippen molar-refractivity contribution in [3.8, 4) is 0 Å². The number of nitrogens with zero attached hydrogens (tertiary/aromatic N) is 3. The van der Waals surface area contributed by atoms with Gasteiger partial charge in [0.2, 0.25) is 0 Å². The average molecular weight is 264 g/mol. The Balaban J connectivity index is 2.19. The minimum Gasteiger partial charge on any atom is -0.372 e. The van der Waals surface area contributed by atoms with Crippen LogP contribution >= 0.6 is 0 Å². The van der Waals surface area contributed by atoms with Crippen molar-refractivity contribution in [3.05, 3.63) is 11.9 Å². The lowest BCUT2D eigenvalue weighted by Crippen LogP contribution is -2.48. The maximum Gasteiger partial charge on any atom is 0.137 e. The number of hydrogen-bond donors (Lipinski definition) is 1. The van der Waals surface area contributed by atoms with Crippen LogP contribution in [0.3, 0.4) is 0 Å². The Labute approximate surface area is 115 Å². The van der Waals surface area contributed by atoms with Crippen LogP contribution in [0.25, 0.3) is 0 Å². The lowest BCUT2D eigenvalue weighted by molar-refractivity contribution is -0.0279. The van der Waals surface area contributed by atoms with E-state index in [-0.39, 0.29) is 5.60 Å². The maximum atomic E-state index is 5.75. The van der Waals surface area contributed by atoms with Gasteiger partial charge in [-0.15, -0.1) is 0 Å². The lowest BCUT2D eigenvalue weighted by atomic mass is 10.1. The molecule has 19 heavy (non-hydrogen) atoms. The molecule has 0 bridgehead atoms.